The second-order valence-electron chi connectivity index (χ2n) is 4.08. The van der Waals surface area contributed by atoms with Crippen molar-refractivity contribution in [3.63, 3.8) is 0 Å². The zero-order valence-electron chi connectivity index (χ0n) is 9.33. The van der Waals surface area contributed by atoms with E-state index < -0.39 is 0 Å². The summed E-state index contributed by atoms with van der Waals surface area (Å²) in [7, 11) is 0. The van der Waals surface area contributed by atoms with Crippen molar-refractivity contribution in [3.05, 3.63) is 16.0 Å². The molecule has 0 aromatic carbocycles. The molecule has 0 unspecified atom stereocenters. The number of hydrogen-bond donors (Lipinski definition) is 2. The Bertz CT molecular complexity index is 576. The van der Waals surface area contributed by atoms with Gasteiger partial charge in [0.1, 0.15) is 0 Å². The van der Waals surface area contributed by atoms with E-state index in [9.17, 15) is 4.79 Å². The molecule has 17 heavy (non-hydrogen) atoms. The fourth-order valence-electron chi connectivity index (χ4n) is 1.65. The Hall–Kier alpha value is -1.18. The van der Waals surface area contributed by atoms with Crippen LogP contribution in [0.25, 0.3) is 10.9 Å². The topological polar surface area (TPSA) is 70.7 Å². The monoisotopic (exact) mass is 343 g/mol. The van der Waals surface area contributed by atoms with E-state index in [4.69, 9.17) is 0 Å². The third-order valence-electron chi connectivity index (χ3n) is 2.80. The number of carbonyl (C=O) groups excluding carboxylic acids is 1. The van der Waals surface area contributed by atoms with Gasteiger partial charge in [-0.3, -0.25) is 0 Å². The third kappa shape index (κ3) is 2.13. The van der Waals surface area contributed by atoms with Gasteiger partial charge in [-0.25, -0.2) is 0 Å². The molecule has 1 aliphatic rings. The Morgan fingerprint density at radius 2 is 2.41 bits per heavy atom. The molecule has 5 nitrogen and oxygen atoms in total. The molecule has 1 aliphatic carbocycles. The van der Waals surface area contributed by atoms with Crippen LogP contribution in [0.5, 0.6) is 0 Å². The number of carbonyl (C=O) groups is 1. The van der Waals surface area contributed by atoms with Gasteiger partial charge in [-0.1, -0.05) is 0 Å². The van der Waals surface area contributed by atoms with Crippen LogP contribution in [0.4, 0.5) is 5.82 Å². The summed E-state index contributed by atoms with van der Waals surface area (Å²) in [5, 5.41) is 10.8. The molecular formula is C11H12IN4O-. The molecule has 0 radical (unpaired) electrons. The summed E-state index contributed by atoms with van der Waals surface area (Å²) >= 11 is -0.0203. The zero-order chi connectivity index (χ0) is 11.8. The van der Waals surface area contributed by atoms with Crippen LogP contribution in [0.1, 0.15) is 12.8 Å². The summed E-state index contributed by atoms with van der Waals surface area (Å²) in [6.07, 6.45) is 3.79. The predicted molar refractivity (Wildman–Crippen MR) is 59.9 cm³/mol. The molecule has 0 spiro atoms. The SMILES string of the molecule is C[I-]c1cc2[nH]nc(NC(=O)C3CC3)c2cn1. The van der Waals surface area contributed by atoms with E-state index >= 15 is 0 Å². The number of nitrogens with one attached hydrogen (secondary N) is 2. The Morgan fingerprint density at radius 1 is 1.59 bits per heavy atom. The number of nitrogens with zero attached hydrogens (tertiary/aromatic N) is 2. The van der Waals surface area contributed by atoms with Gasteiger partial charge in [0.25, 0.3) is 0 Å². The maximum atomic E-state index is 11.7. The summed E-state index contributed by atoms with van der Waals surface area (Å²) in [5.41, 5.74) is 0.947. The van der Waals surface area contributed by atoms with E-state index in [0.717, 1.165) is 27.4 Å². The number of aromatic nitrogens is 3. The molecule has 2 aromatic rings. The molecule has 2 aromatic heterocycles. The summed E-state index contributed by atoms with van der Waals surface area (Å²) in [6, 6.07) is 2.02. The number of aromatic amines is 1. The van der Waals surface area contributed by atoms with Gasteiger partial charge in [0.05, 0.1) is 0 Å². The van der Waals surface area contributed by atoms with Crippen LogP contribution in [-0.4, -0.2) is 26.0 Å². The molecule has 0 saturated heterocycles. The molecule has 90 valence electrons. The van der Waals surface area contributed by atoms with Gasteiger partial charge in [-0.15, -0.1) is 0 Å². The van der Waals surface area contributed by atoms with E-state index in [2.05, 4.69) is 25.4 Å². The Kier molecular flexibility index (Phi) is 2.73. The predicted octanol–water partition coefficient (Wildman–Crippen LogP) is -1.81. The van der Waals surface area contributed by atoms with E-state index in [0.29, 0.717) is 5.82 Å². The van der Waals surface area contributed by atoms with Crippen LogP contribution in [0, 0.1) is 9.62 Å². The van der Waals surface area contributed by atoms with Gasteiger partial charge in [0, 0.05) is 0 Å². The maximum absolute atomic E-state index is 11.7. The molecule has 2 N–H and O–H groups in total. The second kappa shape index (κ2) is 4.25. The number of halogens is 1. The van der Waals surface area contributed by atoms with Gasteiger partial charge < -0.3 is 0 Å². The molecule has 3 rings (SSSR count). The Morgan fingerprint density at radius 3 is 3.12 bits per heavy atom. The number of hydrogen-bond acceptors (Lipinski definition) is 3. The normalized spacial score (nSPS) is 15.4. The summed E-state index contributed by atoms with van der Waals surface area (Å²) in [5.74, 6) is 0.867. The average Bonchev–Trinajstić information content (AvgIpc) is 3.13. The van der Waals surface area contributed by atoms with Crippen LogP contribution in [0.2, 0.25) is 0 Å². The molecule has 2 heterocycles. The van der Waals surface area contributed by atoms with Crippen molar-refractivity contribution in [3.8, 4) is 0 Å². The van der Waals surface area contributed by atoms with Gasteiger partial charge in [0.15, 0.2) is 0 Å². The van der Waals surface area contributed by atoms with Gasteiger partial charge in [0.2, 0.25) is 0 Å². The fourth-order valence-corrected chi connectivity index (χ4v) is 2.69. The van der Waals surface area contributed by atoms with E-state index in [-0.39, 0.29) is 33.0 Å². The van der Waals surface area contributed by atoms with Crippen molar-refractivity contribution < 1.29 is 26.0 Å². The van der Waals surface area contributed by atoms with Crippen LogP contribution in [0.15, 0.2) is 12.3 Å². The third-order valence-corrected chi connectivity index (χ3v) is 4.49. The van der Waals surface area contributed by atoms with Crippen LogP contribution in [-0.2, 0) is 4.79 Å². The van der Waals surface area contributed by atoms with Gasteiger partial charge in [-0.2, -0.15) is 0 Å². The first-order chi connectivity index (χ1) is 8.28. The fraction of sp³-hybridized carbons (Fsp3) is 0.364. The van der Waals surface area contributed by atoms with Crippen molar-refractivity contribution in [1.82, 2.24) is 15.2 Å². The minimum atomic E-state index is -0.0203. The molecule has 1 amide bonds. The van der Waals surface area contributed by atoms with E-state index in [1.54, 1.807) is 6.20 Å². The first kappa shape index (κ1) is 10.9. The van der Waals surface area contributed by atoms with Crippen LogP contribution >= 0.6 is 0 Å². The second-order valence-corrected chi connectivity index (χ2v) is 6.26. The number of rotatable bonds is 3. The Labute approximate surface area is 109 Å². The number of amides is 1. The van der Waals surface area contributed by atoms with Crippen molar-refractivity contribution >= 4 is 22.6 Å². The molecule has 1 saturated carbocycles. The van der Waals surface area contributed by atoms with Crippen LogP contribution in [0.3, 0.4) is 0 Å². The molecule has 0 atom stereocenters. The van der Waals surface area contributed by atoms with Gasteiger partial charge >= 0.3 is 109 Å². The number of alkyl halides is 1. The quantitative estimate of drug-likeness (QED) is 0.392. The molecule has 0 aliphatic heterocycles. The Balaban J connectivity index is 1.91. The minimum absolute atomic E-state index is 0.0203. The molecule has 0 bridgehead atoms. The standard InChI is InChI=1S/C11H12IN4O/c1-12-9-4-8-7(5-13-9)10(16-15-8)14-11(17)6-2-3-6/h4-6H,2-3H2,1H3,(H2,14,15,16,17)/q-1. The van der Waals surface area contributed by atoms with Gasteiger partial charge in [-0.05, 0) is 0 Å². The van der Waals surface area contributed by atoms with E-state index in [1.807, 2.05) is 6.07 Å². The molecular weight excluding hydrogens is 331 g/mol. The number of fused-ring (bicyclic) bond motifs is 1. The average molecular weight is 343 g/mol. The summed E-state index contributed by atoms with van der Waals surface area (Å²) in [6.45, 7) is 0. The summed E-state index contributed by atoms with van der Waals surface area (Å²) < 4.78 is 1.13. The number of pyridine rings is 1. The molecule has 6 heteroatoms. The van der Waals surface area contributed by atoms with Crippen LogP contribution < -0.4 is 26.5 Å². The van der Waals surface area contributed by atoms with Crippen molar-refractivity contribution in [2.75, 3.05) is 10.2 Å². The number of anilines is 1. The zero-order valence-corrected chi connectivity index (χ0v) is 11.5. The van der Waals surface area contributed by atoms with Crippen molar-refractivity contribution in [1.29, 1.82) is 0 Å². The van der Waals surface area contributed by atoms with E-state index in [1.165, 1.54) is 0 Å². The van der Waals surface area contributed by atoms with Crippen molar-refractivity contribution in [2.45, 2.75) is 12.8 Å². The first-order valence-electron chi connectivity index (χ1n) is 5.42. The summed E-state index contributed by atoms with van der Waals surface area (Å²) in [4.78, 5) is 18.2. The van der Waals surface area contributed by atoms with Crippen molar-refractivity contribution in [2.24, 2.45) is 5.92 Å². The number of H-pyrrole nitrogens is 1. The molecule has 1 fully saturated rings. The first-order valence-corrected chi connectivity index (χ1v) is 8.66.